The first-order valence-electron chi connectivity index (χ1n) is 19.6. The van der Waals surface area contributed by atoms with Gasteiger partial charge in [-0.2, -0.15) is 0 Å². The summed E-state index contributed by atoms with van der Waals surface area (Å²) in [5.74, 6) is -1.37. The SMILES string of the molecule is COC(=O)C1(O)CCOCC1.COC(=O)C1(OC(=O)c2cncn2[C@H](C)c2ccccc2)CCOCC1.C[C@H](c1ccccc1)n1cncc1C(=O)Cl.O=C1CCOCC1. The van der Waals surface area contributed by atoms with E-state index in [1.807, 2.05) is 74.5 Å². The Morgan fingerprint density at radius 1 is 0.683 bits per heavy atom. The molecule has 2 atom stereocenters. The number of halogens is 1. The van der Waals surface area contributed by atoms with E-state index in [9.17, 15) is 29.1 Å². The minimum atomic E-state index is -1.31. The number of aromatic nitrogens is 4. The molecule has 4 aromatic rings. The van der Waals surface area contributed by atoms with Crippen molar-refractivity contribution in [1.29, 1.82) is 0 Å². The molecule has 5 heterocycles. The summed E-state index contributed by atoms with van der Waals surface area (Å²) in [5.41, 5.74) is 0.240. The molecule has 0 spiro atoms. The molecule has 60 heavy (non-hydrogen) atoms. The number of nitrogens with zero attached hydrogens (tertiary/aromatic N) is 4. The number of aliphatic hydroxyl groups is 1. The van der Waals surface area contributed by atoms with Gasteiger partial charge in [-0.25, -0.2) is 24.4 Å². The number of esters is 3. The van der Waals surface area contributed by atoms with Crippen LogP contribution in [0.3, 0.4) is 0 Å². The summed E-state index contributed by atoms with van der Waals surface area (Å²) in [7, 11) is 2.56. The van der Waals surface area contributed by atoms with Gasteiger partial charge in [0.2, 0.25) is 5.60 Å². The van der Waals surface area contributed by atoms with Crippen LogP contribution in [0.5, 0.6) is 0 Å². The lowest BCUT2D eigenvalue weighted by atomic mass is 9.94. The van der Waals surface area contributed by atoms with E-state index in [1.165, 1.54) is 26.6 Å². The number of ketones is 1. The summed E-state index contributed by atoms with van der Waals surface area (Å²) in [6, 6.07) is 19.6. The van der Waals surface area contributed by atoms with Crippen LogP contribution in [0.4, 0.5) is 0 Å². The Hall–Kier alpha value is -5.26. The summed E-state index contributed by atoms with van der Waals surface area (Å²) in [6.45, 7) is 6.76. The Labute approximate surface area is 354 Å². The maximum Gasteiger partial charge on any atom is 0.357 e. The Balaban J connectivity index is 0.000000197. The third-order valence-electron chi connectivity index (χ3n) is 10.2. The number of rotatable bonds is 9. The first kappa shape index (κ1) is 47.4. The van der Waals surface area contributed by atoms with Crippen LogP contribution < -0.4 is 0 Å². The lowest BCUT2D eigenvalue weighted by molar-refractivity contribution is -0.172. The molecule has 3 saturated heterocycles. The van der Waals surface area contributed by atoms with Crippen LogP contribution in [0.25, 0.3) is 0 Å². The lowest BCUT2D eigenvalue weighted by Crippen LogP contribution is -2.48. The van der Waals surface area contributed by atoms with Gasteiger partial charge >= 0.3 is 17.9 Å². The predicted molar refractivity (Wildman–Crippen MR) is 217 cm³/mol. The normalized spacial score (nSPS) is 17.6. The van der Waals surface area contributed by atoms with Gasteiger partial charge in [0.1, 0.15) is 17.2 Å². The fourth-order valence-corrected chi connectivity index (χ4v) is 6.63. The summed E-state index contributed by atoms with van der Waals surface area (Å²) < 4.78 is 33.7. The van der Waals surface area contributed by atoms with Gasteiger partial charge in [-0.3, -0.25) is 9.59 Å². The monoisotopic (exact) mass is 852 g/mol. The van der Waals surface area contributed by atoms with Gasteiger partial charge in [0.05, 0.1) is 77.8 Å². The van der Waals surface area contributed by atoms with E-state index in [0.717, 1.165) is 11.1 Å². The molecule has 3 aliphatic rings. The van der Waals surface area contributed by atoms with Crippen molar-refractivity contribution in [2.24, 2.45) is 0 Å². The van der Waals surface area contributed by atoms with Crippen molar-refractivity contribution in [3.8, 4) is 0 Å². The zero-order valence-electron chi connectivity index (χ0n) is 34.3. The third-order valence-corrected chi connectivity index (χ3v) is 10.4. The molecule has 0 saturated carbocycles. The molecule has 0 unspecified atom stereocenters. The molecule has 17 heteroatoms. The largest absolute Gasteiger partial charge is 0.467 e. The molecule has 0 aliphatic carbocycles. The van der Waals surface area contributed by atoms with Gasteiger partial charge in [-0.05, 0) is 36.6 Å². The zero-order chi connectivity index (χ0) is 43.5. The van der Waals surface area contributed by atoms with Crippen molar-refractivity contribution in [2.75, 3.05) is 53.9 Å². The summed E-state index contributed by atoms with van der Waals surface area (Å²) in [6.07, 6.45) is 8.60. The number of hydrogen-bond donors (Lipinski definition) is 1. The quantitative estimate of drug-likeness (QED) is 0.129. The molecule has 16 nitrogen and oxygen atoms in total. The first-order chi connectivity index (χ1) is 28.9. The van der Waals surface area contributed by atoms with Gasteiger partial charge in [-0.15, -0.1) is 0 Å². The highest BCUT2D eigenvalue weighted by Gasteiger charge is 2.46. The molecule has 324 valence electrons. The number of carbonyl (C=O) groups excluding carboxylic acids is 5. The fourth-order valence-electron chi connectivity index (χ4n) is 6.49. The van der Waals surface area contributed by atoms with Crippen LogP contribution in [0.15, 0.2) is 85.7 Å². The van der Waals surface area contributed by atoms with Crippen LogP contribution in [0.1, 0.15) is 96.6 Å². The Bertz CT molecular complexity index is 1970. The maximum absolute atomic E-state index is 12.8. The van der Waals surface area contributed by atoms with Crippen LogP contribution in [-0.4, -0.2) is 118 Å². The number of Topliss-reactive ketones (excluding diaryl/α,β-unsaturated/α-hetero) is 1. The van der Waals surface area contributed by atoms with Gasteiger partial charge in [0.15, 0.2) is 5.60 Å². The summed E-state index contributed by atoms with van der Waals surface area (Å²) in [5, 5.41) is 9.10. The van der Waals surface area contributed by atoms with Crippen LogP contribution in [-0.2, 0) is 42.8 Å². The van der Waals surface area contributed by atoms with E-state index < -0.39 is 34.4 Å². The van der Waals surface area contributed by atoms with E-state index >= 15 is 0 Å². The van der Waals surface area contributed by atoms with Gasteiger partial charge < -0.3 is 42.7 Å². The van der Waals surface area contributed by atoms with E-state index in [1.54, 1.807) is 21.8 Å². The number of imidazole rings is 2. The van der Waals surface area contributed by atoms with Crippen molar-refractivity contribution in [3.63, 3.8) is 0 Å². The topological polar surface area (TPSA) is 197 Å². The molecule has 3 aliphatic heterocycles. The van der Waals surface area contributed by atoms with E-state index in [-0.39, 0.29) is 30.6 Å². The second-order valence-corrected chi connectivity index (χ2v) is 14.4. The Morgan fingerprint density at radius 2 is 1.12 bits per heavy atom. The third kappa shape index (κ3) is 13.1. The van der Waals surface area contributed by atoms with Crippen molar-refractivity contribution in [3.05, 3.63) is 108 Å². The number of carbonyl (C=O) groups is 5. The molecule has 2 aromatic heterocycles. The molecular weight excluding hydrogens is 800 g/mol. The predicted octanol–water partition coefficient (Wildman–Crippen LogP) is 5.31. The molecule has 0 radical (unpaired) electrons. The second-order valence-electron chi connectivity index (χ2n) is 14.1. The highest BCUT2D eigenvalue weighted by Crippen LogP contribution is 2.29. The van der Waals surface area contributed by atoms with Crippen molar-refractivity contribution >= 4 is 40.5 Å². The zero-order valence-corrected chi connectivity index (χ0v) is 35.1. The molecule has 0 amide bonds. The fraction of sp³-hybridized carbons (Fsp3) is 0.465. The molecule has 1 N–H and O–H groups in total. The summed E-state index contributed by atoms with van der Waals surface area (Å²) >= 11 is 5.48. The van der Waals surface area contributed by atoms with Gasteiger partial charge in [0, 0.05) is 51.7 Å². The van der Waals surface area contributed by atoms with Crippen molar-refractivity contribution < 1.29 is 57.5 Å². The molecule has 2 aromatic carbocycles. The van der Waals surface area contributed by atoms with Crippen LogP contribution in [0.2, 0.25) is 0 Å². The van der Waals surface area contributed by atoms with Crippen LogP contribution >= 0.6 is 11.6 Å². The Morgan fingerprint density at radius 3 is 1.55 bits per heavy atom. The van der Waals surface area contributed by atoms with Gasteiger partial charge in [-0.1, -0.05) is 60.7 Å². The van der Waals surface area contributed by atoms with E-state index in [2.05, 4.69) is 14.7 Å². The molecule has 7 rings (SSSR count). The number of ether oxygens (including phenoxy) is 6. The van der Waals surface area contributed by atoms with E-state index in [4.69, 9.17) is 35.3 Å². The second kappa shape index (κ2) is 23.5. The average Bonchev–Trinajstić information content (AvgIpc) is 3.99. The average molecular weight is 853 g/mol. The van der Waals surface area contributed by atoms with Crippen molar-refractivity contribution in [2.45, 2.75) is 75.7 Å². The first-order valence-corrected chi connectivity index (χ1v) is 19.9. The highest BCUT2D eigenvalue weighted by atomic mass is 35.5. The van der Waals surface area contributed by atoms with Gasteiger partial charge in [0.25, 0.3) is 5.24 Å². The molecular formula is C43H53ClN4O12. The summed E-state index contributed by atoms with van der Waals surface area (Å²) in [4.78, 5) is 65.6. The lowest BCUT2D eigenvalue weighted by Gasteiger charge is -2.33. The molecule has 3 fully saturated rings. The minimum absolute atomic E-state index is 0.0430. The highest BCUT2D eigenvalue weighted by molar-refractivity contribution is 6.67. The number of benzene rings is 2. The van der Waals surface area contributed by atoms with Crippen LogP contribution in [0, 0.1) is 0 Å². The Kier molecular flexibility index (Phi) is 18.6. The minimum Gasteiger partial charge on any atom is -0.467 e. The molecule has 0 bridgehead atoms. The standard InChI is InChI=1S/C19H22N2O5.C12H11ClN2O.C7H12O4.C5H8O2/c1-14(15-6-4-3-5-7-15)21-13-20-12-16(21)17(22)26-19(18(23)24-2)8-10-25-11-9-19;1-9(10-5-3-2-4-6-10)15-8-14-7-11(15)12(13)16;1-10-6(8)7(9)2-4-11-5-3-7;6-5-1-3-7-4-2-5/h3-7,12-14H,8-11H2,1-2H3;2-9H,1H3;9H,2-5H2,1H3;1-4H2/t14-;9-;;/m11../s1. The van der Waals surface area contributed by atoms with E-state index in [0.29, 0.717) is 76.8 Å². The number of hydrogen-bond acceptors (Lipinski definition) is 14. The number of methoxy groups -OCH3 is 2. The van der Waals surface area contributed by atoms with Crippen molar-refractivity contribution in [1.82, 2.24) is 19.1 Å². The maximum atomic E-state index is 12.8. The smallest absolute Gasteiger partial charge is 0.357 e.